The van der Waals surface area contributed by atoms with Crippen molar-refractivity contribution >= 4 is 46.3 Å². The van der Waals surface area contributed by atoms with E-state index in [1.807, 2.05) is 0 Å². The molecular formula is C22H16N6O12. The summed E-state index contributed by atoms with van der Waals surface area (Å²) in [4.78, 5) is 65.6. The highest BCUT2D eigenvalue weighted by atomic mass is 16.6. The summed E-state index contributed by atoms with van der Waals surface area (Å²) < 4.78 is 9.78. The molecule has 0 fully saturated rings. The fraction of sp³-hybridized carbons (Fsp3) is 0.0909. The minimum absolute atomic E-state index is 0.150. The lowest BCUT2D eigenvalue weighted by atomic mass is 10.1. The molecule has 18 heteroatoms. The van der Waals surface area contributed by atoms with Gasteiger partial charge in [0, 0.05) is 35.6 Å². The highest BCUT2D eigenvalue weighted by Crippen LogP contribution is 2.30. The minimum atomic E-state index is -1.08. The molecule has 0 saturated carbocycles. The molecule has 0 bridgehead atoms. The first-order valence-corrected chi connectivity index (χ1v) is 10.8. The number of nitro groups is 4. The maximum atomic E-state index is 12.1. The van der Waals surface area contributed by atoms with Crippen LogP contribution < -0.4 is 10.6 Å². The molecule has 2 amide bonds. The molecule has 2 N–H and O–H groups in total. The molecule has 0 saturated heterocycles. The number of hydrogen-bond acceptors (Lipinski definition) is 12. The molecule has 0 heterocycles. The van der Waals surface area contributed by atoms with Crippen molar-refractivity contribution in [2.75, 3.05) is 10.6 Å². The summed E-state index contributed by atoms with van der Waals surface area (Å²) in [6.07, 6.45) is -2.17. The van der Waals surface area contributed by atoms with Crippen LogP contribution in [0.4, 0.5) is 43.7 Å². The summed E-state index contributed by atoms with van der Waals surface area (Å²) in [5.74, 6) is 0. The van der Waals surface area contributed by atoms with E-state index in [2.05, 4.69) is 10.6 Å². The Hall–Kier alpha value is -6.20. The maximum Gasteiger partial charge on any atom is 0.411 e. The standard InChI is InChI=1S/C22H16N6O12/c29-21(39-11-15-17(25(31)32)3-1-4-18(15)26(33)34)23-13-7-9-14(10-8-13)24-22(30)40-12-16-19(27(35)36)5-2-6-20(16)28(37)38/h1-10H,11-12H2,(H,23,29)(H,24,30). The SMILES string of the molecule is O=C(Nc1ccc(NC(=O)OCc2c([N+](=O)[O-])cccc2[N+](=O)[O-])cc1)OCc1c([N+](=O)[O-])cccc1[N+](=O)[O-]. The second-order valence-corrected chi connectivity index (χ2v) is 7.56. The number of amides is 2. The lowest BCUT2D eigenvalue weighted by Gasteiger charge is -2.10. The van der Waals surface area contributed by atoms with Crippen molar-refractivity contribution in [1.82, 2.24) is 0 Å². The Kier molecular flexibility index (Phi) is 8.77. The Labute approximate surface area is 221 Å². The third kappa shape index (κ3) is 6.97. The average Bonchev–Trinajstić information content (AvgIpc) is 2.91. The number of benzene rings is 3. The van der Waals surface area contributed by atoms with Gasteiger partial charge in [-0.1, -0.05) is 0 Å². The van der Waals surface area contributed by atoms with Gasteiger partial charge in [-0.15, -0.1) is 0 Å². The van der Waals surface area contributed by atoms with Crippen LogP contribution in [0.5, 0.6) is 0 Å². The molecule has 3 aromatic carbocycles. The number of nitrogens with zero attached hydrogens (tertiary/aromatic N) is 4. The summed E-state index contributed by atoms with van der Waals surface area (Å²) in [5.41, 5.74) is -2.90. The molecule has 0 radical (unpaired) electrons. The van der Waals surface area contributed by atoms with Gasteiger partial charge in [0.25, 0.3) is 22.7 Å². The first kappa shape index (κ1) is 28.4. The summed E-state index contributed by atoms with van der Waals surface area (Å²) in [7, 11) is 0. The molecular weight excluding hydrogens is 540 g/mol. The van der Waals surface area contributed by atoms with Gasteiger partial charge in [0.2, 0.25) is 0 Å². The molecule has 0 aliphatic rings. The third-order valence-corrected chi connectivity index (χ3v) is 5.11. The van der Waals surface area contributed by atoms with Gasteiger partial charge >= 0.3 is 12.2 Å². The molecule has 0 aromatic heterocycles. The Balaban J connectivity index is 1.58. The van der Waals surface area contributed by atoms with Gasteiger partial charge in [-0.2, -0.15) is 0 Å². The highest BCUT2D eigenvalue weighted by molar-refractivity contribution is 5.87. The van der Waals surface area contributed by atoms with Crippen molar-refractivity contribution in [1.29, 1.82) is 0 Å². The zero-order valence-electron chi connectivity index (χ0n) is 19.9. The predicted octanol–water partition coefficient (Wildman–Crippen LogP) is 4.82. The largest absolute Gasteiger partial charge is 0.444 e. The Bertz CT molecular complexity index is 1330. The van der Waals surface area contributed by atoms with Gasteiger partial charge in [0.1, 0.15) is 24.3 Å². The number of rotatable bonds is 10. The second kappa shape index (κ2) is 12.4. The summed E-state index contributed by atoms with van der Waals surface area (Å²) in [5, 5.41) is 49.3. The molecule has 0 spiro atoms. The molecule has 0 unspecified atom stereocenters. The molecule has 3 aromatic rings. The quantitative estimate of drug-likeness (QED) is 0.252. The Morgan fingerprint density at radius 2 is 0.825 bits per heavy atom. The smallest absolute Gasteiger partial charge is 0.411 e. The minimum Gasteiger partial charge on any atom is -0.444 e. The predicted molar refractivity (Wildman–Crippen MR) is 134 cm³/mol. The van der Waals surface area contributed by atoms with E-state index in [1.54, 1.807) is 0 Å². The van der Waals surface area contributed by atoms with Crippen LogP contribution in [0, 0.1) is 40.5 Å². The number of anilines is 2. The zero-order valence-corrected chi connectivity index (χ0v) is 19.9. The second-order valence-electron chi connectivity index (χ2n) is 7.56. The fourth-order valence-corrected chi connectivity index (χ4v) is 3.33. The van der Waals surface area contributed by atoms with Gasteiger partial charge in [-0.05, 0) is 36.4 Å². The number of nitro benzene ring substituents is 4. The molecule has 40 heavy (non-hydrogen) atoms. The van der Waals surface area contributed by atoms with Crippen molar-refractivity contribution < 1.29 is 38.8 Å². The van der Waals surface area contributed by atoms with Crippen molar-refractivity contribution in [3.05, 3.63) is 112 Å². The average molecular weight is 556 g/mol. The van der Waals surface area contributed by atoms with Gasteiger partial charge < -0.3 is 9.47 Å². The number of carbonyl (C=O) groups excluding carboxylic acids is 2. The molecule has 0 aliphatic carbocycles. The molecule has 18 nitrogen and oxygen atoms in total. The lowest BCUT2D eigenvalue weighted by Crippen LogP contribution is -2.16. The van der Waals surface area contributed by atoms with E-state index in [9.17, 15) is 50.0 Å². The van der Waals surface area contributed by atoms with Gasteiger partial charge in [0.05, 0.1) is 19.7 Å². The van der Waals surface area contributed by atoms with Crippen LogP contribution in [0.1, 0.15) is 11.1 Å². The number of carbonyl (C=O) groups is 2. The number of ether oxygens (including phenoxy) is 2. The van der Waals surface area contributed by atoms with Crippen LogP contribution in [0.3, 0.4) is 0 Å². The van der Waals surface area contributed by atoms with E-state index >= 15 is 0 Å². The maximum absolute atomic E-state index is 12.1. The Morgan fingerprint density at radius 3 is 1.07 bits per heavy atom. The van der Waals surface area contributed by atoms with Gasteiger partial charge in [0.15, 0.2) is 0 Å². The van der Waals surface area contributed by atoms with E-state index in [0.29, 0.717) is 0 Å². The molecule has 0 atom stereocenters. The number of nitrogens with one attached hydrogen (secondary N) is 2. The van der Waals surface area contributed by atoms with Crippen LogP contribution in [0.2, 0.25) is 0 Å². The van der Waals surface area contributed by atoms with Gasteiger partial charge in [-0.25, -0.2) is 9.59 Å². The topological polar surface area (TPSA) is 249 Å². The van der Waals surface area contributed by atoms with E-state index in [-0.39, 0.29) is 11.4 Å². The van der Waals surface area contributed by atoms with Crippen LogP contribution in [0.15, 0.2) is 60.7 Å². The summed E-state index contributed by atoms with van der Waals surface area (Å²) in [6, 6.07) is 11.6. The summed E-state index contributed by atoms with van der Waals surface area (Å²) in [6.45, 7) is -1.52. The molecule has 206 valence electrons. The number of hydrogen-bond donors (Lipinski definition) is 2. The van der Waals surface area contributed by atoms with Gasteiger partial charge in [-0.3, -0.25) is 51.1 Å². The van der Waals surface area contributed by atoms with Crippen LogP contribution in [0.25, 0.3) is 0 Å². The monoisotopic (exact) mass is 556 g/mol. The first-order chi connectivity index (χ1) is 19.0. The van der Waals surface area contributed by atoms with Crippen LogP contribution >= 0.6 is 0 Å². The molecule has 0 aliphatic heterocycles. The normalized spacial score (nSPS) is 10.2. The highest BCUT2D eigenvalue weighted by Gasteiger charge is 2.27. The van der Waals surface area contributed by atoms with Crippen molar-refractivity contribution in [3.8, 4) is 0 Å². The van der Waals surface area contributed by atoms with Crippen LogP contribution in [-0.2, 0) is 22.7 Å². The fourth-order valence-electron chi connectivity index (χ4n) is 3.33. The Morgan fingerprint density at radius 1 is 0.550 bits per heavy atom. The summed E-state index contributed by atoms with van der Waals surface area (Å²) >= 11 is 0. The lowest BCUT2D eigenvalue weighted by molar-refractivity contribution is -0.396. The van der Waals surface area contributed by atoms with Crippen molar-refractivity contribution in [2.45, 2.75) is 13.2 Å². The van der Waals surface area contributed by atoms with E-state index in [4.69, 9.17) is 9.47 Å². The van der Waals surface area contributed by atoms with E-state index in [1.165, 1.54) is 24.3 Å². The van der Waals surface area contributed by atoms with Crippen molar-refractivity contribution in [3.63, 3.8) is 0 Å². The van der Waals surface area contributed by atoms with Crippen molar-refractivity contribution in [2.24, 2.45) is 0 Å². The van der Waals surface area contributed by atoms with E-state index < -0.39 is 79.0 Å². The zero-order chi connectivity index (χ0) is 29.4. The molecule has 3 rings (SSSR count). The van der Waals surface area contributed by atoms with E-state index in [0.717, 1.165) is 36.4 Å². The third-order valence-electron chi connectivity index (χ3n) is 5.11. The van der Waals surface area contributed by atoms with Crippen LogP contribution in [-0.4, -0.2) is 31.9 Å². The first-order valence-electron chi connectivity index (χ1n) is 10.8.